The number of aromatic nitrogens is 2. The van der Waals surface area contributed by atoms with Crippen molar-refractivity contribution in [3.63, 3.8) is 0 Å². The van der Waals surface area contributed by atoms with Gasteiger partial charge in [0.05, 0.1) is 17.3 Å². The van der Waals surface area contributed by atoms with Crippen LogP contribution in [0.4, 0.5) is 15.9 Å². The Morgan fingerprint density at radius 1 is 1.19 bits per heavy atom. The van der Waals surface area contributed by atoms with Crippen molar-refractivity contribution in [2.75, 3.05) is 11.4 Å². The normalized spacial score (nSPS) is 11.0. The van der Waals surface area contributed by atoms with Crippen molar-refractivity contribution in [2.45, 2.75) is 12.8 Å². The second-order valence-electron chi connectivity index (χ2n) is 4.64. The molecule has 21 heavy (non-hydrogen) atoms. The summed E-state index contributed by atoms with van der Waals surface area (Å²) in [6.45, 7) is 2.57. The van der Waals surface area contributed by atoms with Crippen molar-refractivity contribution in [3.05, 3.63) is 60.2 Å². The molecule has 1 aromatic carbocycles. The summed E-state index contributed by atoms with van der Waals surface area (Å²) in [6, 6.07) is 12.5. The van der Waals surface area contributed by atoms with E-state index in [1.807, 2.05) is 46.7 Å². The van der Waals surface area contributed by atoms with Gasteiger partial charge in [-0.1, -0.05) is 18.2 Å². The van der Waals surface area contributed by atoms with Gasteiger partial charge in [0.2, 0.25) is 0 Å². The Hall–Kier alpha value is -2.07. The molecule has 0 saturated heterocycles. The van der Waals surface area contributed by atoms with Crippen molar-refractivity contribution in [1.29, 1.82) is 0 Å². The van der Waals surface area contributed by atoms with E-state index in [0.717, 1.165) is 11.3 Å². The summed E-state index contributed by atoms with van der Waals surface area (Å²) < 4.78 is 16.0. The molecule has 0 amide bonds. The predicted molar refractivity (Wildman–Crippen MR) is 83.8 cm³/mol. The highest BCUT2D eigenvalue weighted by atomic mass is 35.5. The zero-order valence-corrected chi connectivity index (χ0v) is 12.4. The lowest BCUT2D eigenvalue weighted by atomic mass is 10.2. The number of pyridine rings is 1. The molecular weight excluding hydrogens is 289 g/mol. The summed E-state index contributed by atoms with van der Waals surface area (Å²) in [5.74, 6) is 0.742. The van der Waals surface area contributed by atoms with Crippen LogP contribution in [0.1, 0.15) is 12.6 Å². The Labute approximate surface area is 127 Å². The molecule has 3 rings (SSSR count). The van der Waals surface area contributed by atoms with Gasteiger partial charge in [-0.2, -0.15) is 0 Å². The minimum absolute atomic E-state index is 0.267. The molecule has 0 bridgehead atoms. The number of halogens is 2. The van der Waals surface area contributed by atoms with E-state index < -0.39 is 0 Å². The standard InChI is InChI=1S/C16H15ClFN3/c1-2-20(13-8-4-3-7-12(13)18)16-14(11-17)21-10-6-5-9-15(21)19-16/h3-10H,2,11H2,1H3. The van der Waals surface area contributed by atoms with Crippen LogP contribution >= 0.6 is 11.6 Å². The maximum Gasteiger partial charge on any atom is 0.156 e. The summed E-state index contributed by atoms with van der Waals surface area (Å²) >= 11 is 6.10. The van der Waals surface area contributed by atoms with Gasteiger partial charge in [-0.15, -0.1) is 11.6 Å². The van der Waals surface area contributed by atoms with Crippen LogP contribution in [0.3, 0.4) is 0 Å². The van der Waals surface area contributed by atoms with Gasteiger partial charge in [-0.25, -0.2) is 9.37 Å². The first-order valence-corrected chi connectivity index (χ1v) is 7.33. The van der Waals surface area contributed by atoms with Crippen molar-refractivity contribution < 1.29 is 4.39 Å². The molecule has 2 aromatic heterocycles. The van der Waals surface area contributed by atoms with Crippen molar-refractivity contribution >= 4 is 28.8 Å². The average molecular weight is 304 g/mol. The molecule has 0 aliphatic carbocycles. The minimum Gasteiger partial charge on any atom is -0.323 e. The monoisotopic (exact) mass is 303 g/mol. The van der Waals surface area contributed by atoms with Crippen LogP contribution in [0, 0.1) is 5.82 Å². The minimum atomic E-state index is -0.267. The zero-order valence-electron chi connectivity index (χ0n) is 11.6. The van der Waals surface area contributed by atoms with Gasteiger partial charge in [-0.05, 0) is 31.2 Å². The molecule has 0 aliphatic rings. The lowest BCUT2D eigenvalue weighted by molar-refractivity contribution is 0.625. The maximum atomic E-state index is 14.1. The van der Waals surface area contributed by atoms with Gasteiger partial charge < -0.3 is 9.30 Å². The Morgan fingerprint density at radius 3 is 2.67 bits per heavy atom. The number of rotatable bonds is 4. The molecule has 0 saturated carbocycles. The molecule has 3 nitrogen and oxygen atoms in total. The number of imidazole rings is 1. The number of hydrogen-bond donors (Lipinski definition) is 0. The van der Waals surface area contributed by atoms with Gasteiger partial charge in [-0.3, -0.25) is 0 Å². The summed E-state index contributed by atoms with van der Waals surface area (Å²) in [6.07, 6.45) is 1.92. The van der Waals surface area contributed by atoms with E-state index in [1.165, 1.54) is 6.07 Å². The van der Waals surface area contributed by atoms with Gasteiger partial charge in [0.25, 0.3) is 0 Å². The Bertz CT molecular complexity index is 769. The number of para-hydroxylation sites is 1. The van der Waals surface area contributed by atoms with Crippen LogP contribution < -0.4 is 4.90 Å². The molecule has 108 valence electrons. The molecule has 2 heterocycles. The van der Waals surface area contributed by atoms with E-state index in [4.69, 9.17) is 11.6 Å². The van der Waals surface area contributed by atoms with Gasteiger partial charge in [0, 0.05) is 12.7 Å². The first-order chi connectivity index (χ1) is 10.3. The third-order valence-corrected chi connectivity index (χ3v) is 3.70. The highest BCUT2D eigenvalue weighted by Crippen LogP contribution is 2.31. The molecule has 0 radical (unpaired) electrons. The smallest absolute Gasteiger partial charge is 0.156 e. The second-order valence-corrected chi connectivity index (χ2v) is 4.91. The van der Waals surface area contributed by atoms with E-state index in [-0.39, 0.29) is 5.82 Å². The summed E-state index contributed by atoms with van der Waals surface area (Å²) in [5, 5.41) is 0. The number of nitrogens with zero attached hydrogens (tertiary/aromatic N) is 3. The quantitative estimate of drug-likeness (QED) is 0.667. The SMILES string of the molecule is CCN(c1ccccc1F)c1nc2ccccn2c1CCl. The average Bonchev–Trinajstić information content (AvgIpc) is 2.88. The van der Waals surface area contributed by atoms with E-state index in [2.05, 4.69) is 4.98 Å². The molecule has 3 aromatic rings. The molecule has 0 fully saturated rings. The number of hydrogen-bond acceptors (Lipinski definition) is 2. The van der Waals surface area contributed by atoms with Crippen molar-refractivity contribution in [1.82, 2.24) is 9.38 Å². The summed E-state index contributed by atoms with van der Waals surface area (Å²) in [4.78, 5) is 6.46. The fourth-order valence-corrected chi connectivity index (χ4v) is 2.73. The Balaban J connectivity index is 2.20. The topological polar surface area (TPSA) is 20.5 Å². The third kappa shape index (κ3) is 2.36. The zero-order chi connectivity index (χ0) is 14.8. The Kier molecular flexibility index (Phi) is 3.80. The van der Waals surface area contributed by atoms with E-state index in [0.29, 0.717) is 23.9 Å². The van der Waals surface area contributed by atoms with Crippen LogP contribution in [-0.4, -0.2) is 15.9 Å². The van der Waals surface area contributed by atoms with Gasteiger partial charge >= 0.3 is 0 Å². The molecule has 0 aliphatic heterocycles. The van der Waals surface area contributed by atoms with Crippen molar-refractivity contribution in [3.8, 4) is 0 Å². The molecular formula is C16H15ClFN3. The van der Waals surface area contributed by atoms with Gasteiger partial charge in [0.15, 0.2) is 5.82 Å². The number of alkyl halides is 1. The van der Waals surface area contributed by atoms with Crippen LogP contribution in [-0.2, 0) is 5.88 Å². The largest absolute Gasteiger partial charge is 0.323 e. The lowest BCUT2D eigenvalue weighted by Gasteiger charge is -2.22. The van der Waals surface area contributed by atoms with Crippen LogP contribution in [0.2, 0.25) is 0 Å². The fourth-order valence-electron chi connectivity index (χ4n) is 2.48. The number of fused-ring (bicyclic) bond motifs is 1. The molecule has 0 spiro atoms. The number of benzene rings is 1. The maximum absolute atomic E-state index is 14.1. The molecule has 5 heteroatoms. The molecule has 0 atom stereocenters. The lowest BCUT2D eigenvalue weighted by Crippen LogP contribution is -2.19. The first-order valence-electron chi connectivity index (χ1n) is 6.80. The second kappa shape index (κ2) is 5.74. The molecule has 0 unspecified atom stereocenters. The van der Waals surface area contributed by atoms with E-state index >= 15 is 0 Å². The Morgan fingerprint density at radius 2 is 1.95 bits per heavy atom. The van der Waals surface area contributed by atoms with Gasteiger partial charge in [0.1, 0.15) is 11.5 Å². The highest BCUT2D eigenvalue weighted by Gasteiger charge is 2.19. The summed E-state index contributed by atoms with van der Waals surface area (Å²) in [5.41, 5.74) is 2.17. The van der Waals surface area contributed by atoms with Crippen LogP contribution in [0.5, 0.6) is 0 Å². The van der Waals surface area contributed by atoms with Crippen LogP contribution in [0.25, 0.3) is 5.65 Å². The molecule has 0 N–H and O–H groups in total. The fraction of sp³-hybridized carbons (Fsp3) is 0.188. The van der Waals surface area contributed by atoms with Crippen molar-refractivity contribution in [2.24, 2.45) is 0 Å². The van der Waals surface area contributed by atoms with E-state index in [9.17, 15) is 4.39 Å². The third-order valence-electron chi connectivity index (χ3n) is 3.45. The van der Waals surface area contributed by atoms with E-state index in [1.54, 1.807) is 12.1 Å². The number of anilines is 2. The summed E-state index contributed by atoms with van der Waals surface area (Å²) in [7, 11) is 0. The predicted octanol–water partition coefficient (Wildman–Crippen LogP) is 4.37. The first kappa shape index (κ1) is 13.9. The van der Waals surface area contributed by atoms with Crippen LogP contribution in [0.15, 0.2) is 48.7 Å². The highest BCUT2D eigenvalue weighted by molar-refractivity contribution is 6.17.